The SMILES string of the molecule is C=C(NCC1CCN(C)CC1)c1ccncc1C. The lowest BCUT2D eigenvalue weighted by molar-refractivity contribution is 0.220. The molecule has 0 radical (unpaired) electrons. The van der Waals surface area contributed by atoms with E-state index in [1.807, 2.05) is 18.5 Å². The zero-order valence-electron chi connectivity index (χ0n) is 11.4. The summed E-state index contributed by atoms with van der Waals surface area (Å²) in [5.41, 5.74) is 3.38. The van der Waals surface area contributed by atoms with Crippen LogP contribution in [0.3, 0.4) is 0 Å². The third kappa shape index (κ3) is 3.33. The van der Waals surface area contributed by atoms with Crippen LogP contribution < -0.4 is 5.32 Å². The molecule has 1 saturated heterocycles. The van der Waals surface area contributed by atoms with Crippen LogP contribution in [-0.4, -0.2) is 36.6 Å². The predicted octanol–water partition coefficient (Wildman–Crippen LogP) is 2.29. The van der Waals surface area contributed by atoms with Crippen molar-refractivity contribution >= 4 is 5.70 Å². The second kappa shape index (κ2) is 6.01. The number of rotatable bonds is 4. The average Bonchev–Trinajstić information content (AvgIpc) is 2.38. The molecule has 1 fully saturated rings. The van der Waals surface area contributed by atoms with Crippen LogP contribution in [0.2, 0.25) is 0 Å². The van der Waals surface area contributed by atoms with Gasteiger partial charge in [0, 0.05) is 30.2 Å². The van der Waals surface area contributed by atoms with E-state index in [1.165, 1.54) is 37.1 Å². The zero-order valence-corrected chi connectivity index (χ0v) is 11.4. The van der Waals surface area contributed by atoms with E-state index in [0.717, 1.165) is 18.2 Å². The summed E-state index contributed by atoms with van der Waals surface area (Å²) in [5, 5.41) is 3.48. The number of aryl methyl sites for hydroxylation is 1. The highest BCUT2D eigenvalue weighted by atomic mass is 15.1. The second-order valence-corrected chi connectivity index (χ2v) is 5.30. The molecule has 1 aromatic rings. The smallest absolute Gasteiger partial charge is 0.0344 e. The number of nitrogens with zero attached hydrogens (tertiary/aromatic N) is 2. The van der Waals surface area contributed by atoms with Gasteiger partial charge in [0.25, 0.3) is 0 Å². The van der Waals surface area contributed by atoms with Crippen molar-refractivity contribution in [3.63, 3.8) is 0 Å². The number of likely N-dealkylation sites (tertiary alicyclic amines) is 1. The summed E-state index contributed by atoms with van der Waals surface area (Å²) in [6.07, 6.45) is 6.28. The first-order valence-corrected chi connectivity index (χ1v) is 6.69. The molecule has 3 heteroatoms. The molecule has 1 N–H and O–H groups in total. The lowest BCUT2D eigenvalue weighted by Crippen LogP contribution is -2.34. The van der Waals surface area contributed by atoms with Gasteiger partial charge in [0.05, 0.1) is 0 Å². The molecule has 0 aliphatic carbocycles. The maximum atomic E-state index is 4.14. The van der Waals surface area contributed by atoms with Gasteiger partial charge in [0.1, 0.15) is 0 Å². The zero-order chi connectivity index (χ0) is 13.0. The number of nitrogens with one attached hydrogen (secondary N) is 1. The highest BCUT2D eigenvalue weighted by Gasteiger charge is 2.16. The topological polar surface area (TPSA) is 28.2 Å². The molecule has 3 nitrogen and oxygen atoms in total. The van der Waals surface area contributed by atoms with Gasteiger partial charge in [0.2, 0.25) is 0 Å². The van der Waals surface area contributed by atoms with Crippen LogP contribution in [0.4, 0.5) is 0 Å². The fourth-order valence-corrected chi connectivity index (χ4v) is 2.44. The minimum atomic E-state index is 0.778. The predicted molar refractivity (Wildman–Crippen MR) is 76.2 cm³/mol. The number of pyridine rings is 1. The molecule has 1 aromatic heterocycles. The van der Waals surface area contributed by atoms with Crippen molar-refractivity contribution in [3.05, 3.63) is 36.2 Å². The van der Waals surface area contributed by atoms with E-state index in [4.69, 9.17) is 0 Å². The lowest BCUT2D eigenvalue weighted by atomic mass is 9.97. The normalized spacial score (nSPS) is 17.7. The van der Waals surface area contributed by atoms with E-state index in [1.54, 1.807) is 0 Å². The summed E-state index contributed by atoms with van der Waals surface area (Å²) in [7, 11) is 2.20. The number of piperidine rings is 1. The molecule has 0 aromatic carbocycles. The molecule has 1 aliphatic rings. The van der Waals surface area contributed by atoms with E-state index < -0.39 is 0 Å². The third-order valence-electron chi connectivity index (χ3n) is 3.79. The maximum absolute atomic E-state index is 4.14. The van der Waals surface area contributed by atoms with Gasteiger partial charge in [-0.05, 0) is 57.5 Å². The van der Waals surface area contributed by atoms with Gasteiger partial charge in [-0.2, -0.15) is 0 Å². The Hall–Kier alpha value is -1.35. The van der Waals surface area contributed by atoms with Crippen molar-refractivity contribution in [2.24, 2.45) is 5.92 Å². The first-order chi connectivity index (χ1) is 8.66. The van der Waals surface area contributed by atoms with Crippen LogP contribution in [0, 0.1) is 12.8 Å². The molecule has 18 heavy (non-hydrogen) atoms. The van der Waals surface area contributed by atoms with Gasteiger partial charge in [-0.25, -0.2) is 0 Å². The molecule has 0 saturated carbocycles. The van der Waals surface area contributed by atoms with Gasteiger partial charge in [-0.3, -0.25) is 4.98 Å². The van der Waals surface area contributed by atoms with Crippen LogP contribution >= 0.6 is 0 Å². The molecular weight excluding hydrogens is 222 g/mol. The summed E-state index contributed by atoms with van der Waals surface area (Å²) < 4.78 is 0. The summed E-state index contributed by atoms with van der Waals surface area (Å²) >= 11 is 0. The second-order valence-electron chi connectivity index (χ2n) is 5.30. The van der Waals surface area contributed by atoms with E-state index >= 15 is 0 Å². The Morgan fingerprint density at radius 3 is 2.89 bits per heavy atom. The van der Waals surface area contributed by atoms with E-state index in [2.05, 4.69) is 35.8 Å². The summed E-state index contributed by atoms with van der Waals surface area (Å²) in [5.74, 6) is 0.778. The molecule has 0 amide bonds. The van der Waals surface area contributed by atoms with Crippen LogP contribution in [0.5, 0.6) is 0 Å². The van der Waals surface area contributed by atoms with Gasteiger partial charge < -0.3 is 10.2 Å². The van der Waals surface area contributed by atoms with Crippen molar-refractivity contribution in [2.75, 3.05) is 26.7 Å². The van der Waals surface area contributed by atoms with Crippen molar-refractivity contribution in [1.29, 1.82) is 0 Å². The average molecular weight is 245 g/mol. The first kappa shape index (κ1) is 13.1. The maximum Gasteiger partial charge on any atom is 0.0344 e. The fourth-order valence-electron chi connectivity index (χ4n) is 2.44. The van der Waals surface area contributed by atoms with Crippen molar-refractivity contribution in [3.8, 4) is 0 Å². The van der Waals surface area contributed by atoms with Crippen LogP contribution in [0.1, 0.15) is 24.0 Å². The molecule has 0 bridgehead atoms. The first-order valence-electron chi connectivity index (χ1n) is 6.69. The highest BCUT2D eigenvalue weighted by molar-refractivity contribution is 5.63. The van der Waals surface area contributed by atoms with Crippen LogP contribution in [-0.2, 0) is 0 Å². The Labute approximate surface area is 110 Å². The molecule has 98 valence electrons. The molecule has 1 aliphatic heterocycles. The van der Waals surface area contributed by atoms with Gasteiger partial charge in [-0.15, -0.1) is 0 Å². The van der Waals surface area contributed by atoms with E-state index in [9.17, 15) is 0 Å². The number of hydrogen-bond donors (Lipinski definition) is 1. The summed E-state index contributed by atoms with van der Waals surface area (Å²) in [6, 6.07) is 2.03. The monoisotopic (exact) mass is 245 g/mol. The molecule has 0 atom stereocenters. The fraction of sp³-hybridized carbons (Fsp3) is 0.533. The molecule has 0 unspecified atom stereocenters. The Morgan fingerprint density at radius 1 is 1.50 bits per heavy atom. The van der Waals surface area contributed by atoms with E-state index in [0.29, 0.717) is 0 Å². The minimum absolute atomic E-state index is 0.778. The quantitative estimate of drug-likeness (QED) is 0.882. The largest absolute Gasteiger partial charge is 0.385 e. The summed E-state index contributed by atoms with van der Waals surface area (Å²) in [4.78, 5) is 6.51. The van der Waals surface area contributed by atoms with Crippen molar-refractivity contribution in [2.45, 2.75) is 19.8 Å². The Morgan fingerprint density at radius 2 is 2.22 bits per heavy atom. The molecular formula is C15H23N3. The Bertz CT molecular complexity index is 406. The van der Waals surface area contributed by atoms with Crippen molar-refractivity contribution in [1.82, 2.24) is 15.2 Å². The number of hydrogen-bond acceptors (Lipinski definition) is 3. The molecule has 0 spiro atoms. The Balaban J connectivity index is 1.84. The van der Waals surface area contributed by atoms with Crippen molar-refractivity contribution < 1.29 is 0 Å². The summed E-state index contributed by atoms with van der Waals surface area (Å²) in [6.45, 7) is 9.68. The lowest BCUT2D eigenvalue weighted by Gasteiger charge is -2.29. The number of aromatic nitrogens is 1. The highest BCUT2D eigenvalue weighted by Crippen LogP contribution is 2.17. The third-order valence-corrected chi connectivity index (χ3v) is 3.79. The van der Waals surface area contributed by atoms with Crippen LogP contribution in [0.25, 0.3) is 5.70 Å². The van der Waals surface area contributed by atoms with E-state index in [-0.39, 0.29) is 0 Å². The molecule has 2 heterocycles. The standard InChI is InChI=1S/C15H23N3/c1-12-10-16-7-4-15(12)13(2)17-11-14-5-8-18(3)9-6-14/h4,7,10,14,17H,2,5-6,8-9,11H2,1,3H3. The van der Waals surface area contributed by atoms with Gasteiger partial charge in [0.15, 0.2) is 0 Å². The molecule has 2 rings (SSSR count). The Kier molecular flexibility index (Phi) is 4.37. The van der Waals surface area contributed by atoms with Gasteiger partial charge in [-0.1, -0.05) is 6.58 Å². The minimum Gasteiger partial charge on any atom is -0.385 e. The van der Waals surface area contributed by atoms with Crippen LogP contribution in [0.15, 0.2) is 25.0 Å². The van der Waals surface area contributed by atoms with Gasteiger partial charge >= 0.3 is 0 Å².